The van der Waals surface area contributed by atoms with Crippen molar-refractivity contribution in [3.63, 3.8) is 0 Å². The molecule has 2 rings (SSSR count). The topological polar surface area (TPSA) is 119 Å². The van der Waals surface area contributed by atoms with Crippen LogP contribution in [0.4, 0.5) is 0 Å². The van der Waals surface area contributed by atoms with E-state index in [1.165, 1.54) is 10.8 Å². The van der Waals surface area contributed by atoms with E-state index >= 15 is 0 Å². The molecule has 2 unspecified atom stereocenters. The molecule has 0 bridgehead atoms. The van der Waals surface area contributed by atoms with Gasteiger partial charge in [-0.1, -0.05) is 27.7 Å². The predicted molar refractivity (Wildman–Crippen MR) is 152 cm³/mol. The van der Waals surface area contributed by atoms with Gasteiger partial charge in [-0.15, -0.1) is 0 Å². The van der Waals surface area contributed by atoms with Gasteiger partial charge in [-0.2, -0.15) is 5.26 Å². The number of H-pyrrole nitrogens is 1. The first-order valence-electron chi connectivity index (χ1n) is 13.5. The van der Waals surface area contributed by atoms with E-state index in [0.29, 0.717) is 12.0 Å². The minimum Gasteiger partial charge on any atom is -0.408 e. The van der Waals surface area contributed by atoms with Crippen molar-refractivity contribution in [2.45, 2.75) is 130 Å². The molecule has 1 aromatic rings. The highest BCUT2D eigenvalue weighted by molar-refractivity contribution is 7.44. The molecule has 1 aromatic heterocycles. The van der Waals surface area contributed by atoms with Crippen LogP contribution in [0.2, 0.25) is 18.1 Å². The first kappa shape index (κ1) is 32.8. The van der Waals surface area contributed by atoms with Gasteiger partial charge in [0.25, 0.3) is 14.1 Å². The van der Waals surface area contributed by atoms with Crippen molar-refractivity contribution in [3.05, 3.63) is 32.6 Å². The van der Waals surface area contributed by atoms with Gasteiger partial charge in [0, 0.05) is 23.8 Å². The lowest BCUT2D eigenvalue weighted by Gasteiger charge is -2.42. The molecule has 1 N–H and O–H groups in total. The zero-order valence-corrected chi connectivity index (χ0v) is 26.8. The normalized spacial score (nSPS) is 23.4. The summed E-state index contributed by atoms with van der Waals surface area (Å²) in [7, 11) is -3.92. The van der Waals surface area contributed by atoms with E-state index in [-0.39, 0.29) is 36.3 Å². The monoisotopic (exact) mass is 570 g/mol. The van der Waals surface area contributed by atoms with Crippen LogP contribution in [0.3, 0.4) is 0 Å². The quantitative estimate of drug-likeness (QED) is 0.207. The summed E-state index contributed by atoms with van der Waals surface area (Å²) >= 11 is 0. The SMILES string of the molecule is CC[C@H]1O[C@@H](n2cc(C)c(=O)[nH]c2=O)C(OP(OCCC#N)N(C(C)C)C(C)C)[C@H]1O[Si](C)(C)C(C)(C)C. The minimum absolute atomic E-state index is 0.0602. The van der Waals surface area contributed by atoms with Crippen molar-refractivity contribution in [3.8, 4) is 6.07 Å². The van der Waals surface area contributed by atoms with Crippen LogP contribution in [0.1, 0.15) is 80.0 Å². The number of nitrogens with one attached hydrogen (secondary N) is 1. The third-order valence-electron chi connectivity index (χ3n) is 7.22. The Hall–Kier alpha value is -1.38. The van der Waals surface area contributed by atoms with Crippen molar-refractivity contribution >= 4 is 16.8 Å². The molecule has 10 nitrogen and oxygen atoms in total. The highest BCUT2D eigenvalue weighted by Gasteiger charge is 2.52. The highest BCUT2D eigenvalue weighted by Crippen LogP contribution is 2.52. The molecule has 0 saturated carbocycles. The fourth-order valence-electron chi connectivity index (χ4n) is 4.21. The third kappa shape index (κ3) is 7.63. The summed E-state index contributed by atoms with van der Waals surface area (Å²) in [6.07, 6.45) is 0.0882. The van der Waals surface area contributed by atoms with E-state index in [4.69, 9.17) is 23.5 Å². The van der Waals surface area contributed by atoms with Crippen LogP contribution in [0.5, 0.6) is 0 Å². The second-order valence-corrected chi connectivity index (χ2v) is 18.1. The van der Waals surface area contributed by atoms with Gasteiger partial charge in [-0.05, 0) is 59.2 Å². The summed E-state index contributed by atoms with van der Waals surface area (Å²) in [4.78, 5) is 27.5. The van der Waals surface area contributed by atoms with E-state index in [9.17, 15) is 9.59 Å². The van der Waals surface area contributed by atoms with Gasteiger partial charge in [-0.25, -0.2) is 9.46 Å². The van der Waals surface area contributed by atoms with Crippen LogP contribution in [0, 0.1) is 18.3 Å². The van der Waals surface area contributed by atoms with Crippen LogP contribution in [-0.2, 0) is 18.2 Å². The number of nitrogens with zero attached hydrogens (tertiary/aromatic N) is 3. The van der Waals surface area contributed by atoms with E-state index in [2.05, 4.69) is 77.3 Å². The molecule has 0 aromatic carbocycles. The van der Waals surface area contributed by atoms with Crippen molar-refractivity contribution in [2.24, 2.45) is 0 Å². The molecule has 0 amide bonds. The molecule has 5 atom stereocenters. The Kier molecular flexibility index (Phi) is 11.5. The van der Waals surface area contributed by atoms with E-state index < -0.39 is 46.5 Å². The molecule has 1 fully saturated rings. The number of hydrogen-bond acceptors (Lipinski definition) is 8. The number of aromatic nitrogens is 2. The van der Waals surface area contributed by atoms with Gasteiger partial charge in [0.15, 0.2) is 14.5 Å². The minimum atomic E-state index is -2.28. The lowest BCUT2D eigenvalue weighted by Crippen LogP contribution is -2.50. The smallest absolute Gasteiger partial charge is 0.330 e. The number of aromatic amines is 1. The van der Waals surface area contributed by atoms with Gasteiger partial charge in [0.05, 0.1) is 25.2 Å². The Balaban J connectivity index is 2.65. The summed E-state index contributed by atoms with van der Waals surface area (Å²) in [6.45, 7) is 23.1. The lowest BCUT2D eigenvalue weighted by molar-refractivity contribution is -0.0376. The van der Waals surface area contributed by atoms with Crippen molar-refractivity contribution in [2.75, 3.05) is 6.61 Å². The van der Waals surface area contributed by atoms with Crippen molar-refractivity contribution in [1.29, 1.82) is 5.26 Å². The van der Waals surface area contributed by atoms with Gasteiger partial charge >= 0.3 is 5.69 Å². The fraction of sp³-hybridized carbons (Fsp3) is 0.808. The Morgan fingerprint density at radius 3 is 2.32 bits per heavy atom. The molecule has 0 spiro atoms. The molecule has 12 heteroatoms. The summed E-state index contributed by atoms with van der Waals surface area (Å²) in [5, 5.41) is 9.06. The molecule has 2 heterocycles. The maximum absolute atomic E-state index is 13.0. The van der Waals surface area contributed by atoms with Crippen LogP contribution in [0.15, 0.2) is 15.8 Å². The summed E-state index contributed by atoms with van der Waals surface area (Å²) in [5.74, 6) is 0. The first-order valence-corrected chi connectivity index (χ1v) is 17.5. The number of nitriles is 1. The van der Waals surface area contributed by atoms with Crippen LogP contribution >= 0.6 is 8.53 Å². The average molecular weight is 571 g/mol. The van der Waals surface area contributed by atoms with Gasteiger partial charge < -0.3 is 18.2 Å². The predicted octanol–water partition coefficient (Wildman–Crippen LogP) is 5.20. The highest BCUT2D eigenvalue weighted by atomic mass is 31.2. The standard InChI is InChI=1S/C26H47N4O6PSi/c1-12-20-21(36-38(10,11)26(7,8)9)22(24(34-20)29-16-19(6)23(31)28-25(29)32)35-37(33-15-13-14-27)30(17(2)3)18(4)5/h16-18,20-22,24H,12-13,15H2,1-11H3,(H,28,31,32)/t20-,21+,22?,24-,37?/m1/s1. The third-order valence-corrected chi connectivity index (χ3v) is 13.8. The van der Waals surface area contributed by atoms with Gasteiger partial charge in [-0.3, -0.25) is 14.3 Å². The number of aryl methyl sites for hydroxylation is 1. The maximum atomic E-state index is 13.0. The van der Waals surface area contributed by atoms with E-state index in [0.717, 1.165) is 0 Å². The molecular weight excluding hydrogens is 523 g/mol. The Bertz CT molecular complexity index is 1070. The van der Waals surface area contributed by atoms with Gasteiger partial charge in [0.1, 0.15) is 12.2 Å². The van der Waals surface area contributed by atoms with Crippen LogP contribution < -0.4 is 11.2 Å². The maximum Gasteiger partial charge on any atom is 0.330 e. The van der Waals surface area contributed by atoms with Gasteiger partial charge in [0.2, 0.25) is 0 Å². The molecule has 38 heavy (non-hydrogen) atoms. The summed E-state index contributed by atoms with van der Waals surface area (Å²) in [6, 6.07) is 2.33. The Labute approximate surface area is 229 Å². The number of rotatable bonds is 12. The van der Waals surface area contributed by atoms with Crippen LogP contribution in [-0.4, -0.2) is 59.5 Å². The number of hydrogen-bond donors (Lipinski definition) is 1. The zero-order chi connectivity index (χ0) is 29.0. The summed E-state index contributed by atoms with van der Waals surface area (Å²) < 4.78 is 30.0. The molecular formula is C26H47N4O6PSi. The molecule has 1 aliphatic heterocycles. The molecule has 216 valence electrons. The number of ether oxygens (including phenoxy) is 1. The van der Waals surface area contributed by atoms with E-state index in [1.807, 2.05) is 6.92 Å². The summed E-state index contributed by atoms with van der Waals surface area (Å²) in [5.41, 5.74) is -0.607. The Morgan fingerprint density at radius 1 is 1.21 bits per heavy atom. The average Bonchev–Trinajstić information content (AvgIpc) is 3.11. The molecule has 1 saturated heterocycles. The van der Waals surface area contributed by atoms with E-state index in [1.54, 1.807) is 6.92 Å². The lowest BCUT2D eigenvalue weighted by atomic mass is 10.1. The van der Waals surface area contributed by atoms with Crippen molar-refractivity contribution < 1.29 is 18.2 Å². The molecule has 0 aliphatic carbocycles. The molecule has 1 aliphatic rings. The Morgan fingerprint density at radius 2 is 1.82 bits per heavy atom. The zero-order valence-electron chi connectivity index (χ0n) is 24.9. The second-order valence-electron chi connectivity index (χ2n) is 11.9. The van der Waals surface area contributed by atoms with Crippen molar-refractivity contribution in [1.82, 2.24) is 14.2 Å². The van der Waals surface area contributed by atoms with Crippen LogP contribution in [0.25, 0.3) is 0 Å². The first-order chi connectivity index (χ1) is 17.5. The largest absolute Gasteiger partial charge is 0.408 e. The molecule has 0 radical (unpaired) electrons. The fourth-order valence-corrected chi connectivity index (χ4v) is 7.26. The second kappa shape index (κ2) is 13.3.